The van der Waals surface area contributed by atoms with Gasteiger partial charge in [0.2, 0.25) is 5.88 Å². The highest BCUT2D eigenvalue weighted by Gasteiger charge is 2.12. The number of hydrogen-bond donors (Lipinski definition) is 1. The second kappa shape index (κ2) is 6.30. The van der Waals surface area contributed by atoms with Gasteiger partial charge >= 0.3 is 0 Å². The van der Waals surface area contributed by atoms with Crippen LogP contribution in [0.15, 0.2) is 6.33 Å². The zero-order chi connectivity index (χ0) is 12.0. The summed E-state index contributed by atoms with van der Waals surface area (Å²) in [5, 5.41) is 3.08. The summed E-state index contributed by atoms with van der Waals surface area (Å²) < 4.78 is 5.80. The van der Waals surface area contributed by atoms with Gasteiger partial charge in [-0.05, 0) is 19.8 Å². The largest absolute Gasteiger partial charge is 0.474 e. The molecule has 0 bridgehead atoms. The van der Waals surface area contributed by atoms with Crippen molar-refractivity contribution in [1.82, 2.24) is 9.97 Å². The van der Waals surface area contributed by atoms with Crippen molar-refractivity contribution < 1.29 is 4.74 Å². The fourth-order valence-corrected chi connectivity index (χ4v) is 1.46. The number of nitrogens with zero attached hydrogens (tertiary/aromatic N) is 2. The Morgan fingerprint density at radius 3 is 2.69 bits per heavy atom. The zero-order valence-electron chi connectivity index (χ0n) is 10.6. The van der Waals surface area contributed by atoms with Crippen LogP contribution in [-0.2, 0) is 6.42 Å². The molecule has 0 aromatic carbocycles. The minimum atomic E-state index is 0.190. The van der Waals surface area contributed by atoms with Crippen molar-refractivity contribution in [3.63, 3.8) is 0 Å². The van der Waals surface area contributed by atoms with Crippen molar-refractivity contribution in [1.29, 1.82) is 0 Å². The number of nitrogens with one attached hydrogen (secondary N) is 1. The van der Waals surface area contributed by atoms with E-state index in [1.54, 1.807) is 6.33 Å². The summed E-state index contributed by atoms with van der Waals surface area (Å²) in [6.45, 7) is 6.29. The summed E-state index contributed by atoms with van der Waals surface area (Å²) in [5.41, 5.74) is 1.08. The molecule has 4 nitrogen and oxygen atoms in total. The van der Waals surface area contributed by atoms with Crippen LogP contribution in [0, 0.1) is 0 Å². The summed E-state index contributed by atoms with van der Waals surface area (Å²) in [7, 11) is 1.87. The second-order valence-electron chi connectivity index (χ2n) is 3.84. The van der Waals surface area contributed by atoms with E-state index >= 15 is 0 Å². The van der Waals surface area contributed by atoms with E-state index in [1.165, 1.54) is 0 Å². The van der Waals surface area contributed by atoms with Crippen LogP contribution in [0.3, 0.4) is 0 Å². The second-order valence-corrected chi connectivity index (χ2v) is 3.84. The minimum absolute atomic E-state index is 0.190. The number of ether oxygens (including phenoxy) is 1. The van der Waals surface area contributed by atoms with E-state index < -0.39 is 0 Å². The third kappa shape index (κ3) is 3.08. The standard InChI is InChI=1S/C12H21N3O/c1-5-7-10-11(13-4)14-8-15-12(10)16-9(3)6-2/h8-9H,5-7H2,1-4H3,(H,13,14,15). The van der Waals surface area contributed by atoms with Gasteiger partial charge < -0.3 is 10.1 Å². The number of rotatable bonds is 6. The van der Waals surface area contributed by atoms with E-state index in [-0.39, 0.29) is 6.10 Å². The maximum Gasteiger partial charge on any atom is 0.222 e. The monoisotopic (exact) mass is 223 g/mol. The molecule has 0 aliphatic carbocycles. The maximum absolute atomic E-state index is 5.80. The lowest BCUT2D eigenvalue weighted by Crippen LogP contribution is -2.13. The Bertz CT molecular complexity index is 328. The topological polar surface area (TPSA) is 47.0 Å². The third-order valence-corrected chi connectivity index (χ3v) is 2.53. The third-order valence-electron chi connectivity index (χ3n) is 2.53. The van der Waals surface area contributed by atoms with Gasteiger partial charge in [0.25, 0.3) is 0 Å². The van der Waals surface area contributed by atoms with Crippen LogP contribution in [0.2, 0.25) is 0 Å². The molecule has 16 heavy (non-hydrogen) atoms. The highest BCUT2D eigenvalue weighted by Crippen LogP contribution is 2.24. The first-order valence-electron chi connectivity index (χ1n) is 5.91. The van der Waals surface area contributed by atoms with Crippen molar-refractivity contribution >= 4 is 5.82 Å². The molecule has 1 unspecified atom stereocenters. The molecule has 0 aliphatic rings. The zero-order valence-corrected chi connectivity index (χ0v) is 10.6. The Morgan fingerprint density at radius 1 is 1.38 bits per heavy atom. The van der Waals surface area contributed by atoms with Crippen molar-refractivity contribution in [3.8, 4) is 5.88 Å². The smallest absolute Gasteiger partial charge is 0.222 e. The van der Waals surface area contributed by atoms with Crippen LogP contribution in [0.4, 0.5) is 5.82 Å². The fraction of sp³-hybridized carbons (Fsp3) is 0.667. The molecule has 0 saturated heterocycles. The lowest BCUT2D eigenvalue weighted by Gasteiger charge is -2.16. The van der Waals surface area contributed by atoms with E-state index in [0.717, 1.165) is 36.5 Å². The molecule has 0 fully saturated rings. The van der Waals surface area contributed by atoms with Crippen molar-refractivity contribution in [2.24, 2.45) is 0 Å². The highest BCUT2D eigenvalue weighted by atomic mass is 16.5. The predicted octanol–water partition coefficient (Wildman–Crippen LogP) is 2.65. The normalized spacial score (nSPS) is 12.2. The average molecular weight is 223 g/mol. The van der Waals surface area contributed by atoms with E-state index in [4.69, 9.17) is 4.74 Å². The van der Waals surface area contributed by atoms with Gasteiger partial charge in [-0.1, -0.05) is 20.3 Å². The fourth-order valence-electron chi connectivity index (χ4n) is 1.46. The Morgan fingerprint density at radius 2 is 2.12 bits per heavy atom. The summed E-state index contributed by atoms with van der Waals surface area (Å²) in [4.78, 5) is 8.43. The number of anilines is 1. The summed E-state index contributed by atoms with van der Waals surface area (Å²) >= 11 is 0. The molecule has 1 aromatic heterocycles. The van der Waals surface area contributed by atoms with Gasteiger partial charge in [-0.15, -0.1) is 0 Å². The maximum atomic E-state index is 5.80. The molecule has 0 radical (unpaired) electrons. The first-order chi connectivity index (χ1) is 7.72. The van der Waals surface area contributed by atoms with E-state index in [0.29, 0.717) is 0 Å². The predicted molar refractivity (Wildman–Crippen MR) is 66.0 cm³/mol. The van der Waals surface area contributed by atoms with Crippen LogP contribution in [-0.4, -0.2) is 23.1 Å². The Kier molecular flexibility index (Phi) is 5.02. The van der Waals surface area contributed by atoms with Crippen molar-refractivity contribution in [2.45, 2.75) is 46.1 Å². The molecule has 90 valence electrons. The van der Waals surface area contributed by atoms with Gasteiger partial charge in [-0.2, -0.15) is 0 Å². The number of aromatic nitrogens is 2. The van der Waals surface area contributed by atoms with E-state index in [1.807, 2.05) is 7.05 Å². The van der Waals surface area contributed by atoms with Crippen LogP contribution in [0.5, 0.6) is 5.88 Å². The molecule has 0 amide bonds. The van der Waals surface area contributed by atoms with E-state index in [9.17, 15) is 0 Å². The van der Waals surface area contributed by atoms with Gasteiger partial charge in [-0.3, -0.25) is 0 Å². The average Bonchev–Trinajstić information content (AvgIpc) is 2.31. The van der Waals surface area contributed by atoms with Crippen LogP contribution >= 0.6 is 0 Å². The highest BCUT2D eigenvalue weighted by molar-refractivity contribution is 5.48. The summed E-state index contributed by atoms with van der Waals surface area (Å²) in [6.07, 6.45) is 4.70. The Labute approximate surface area is 97.5 Å². The van der Waals surface area contributed by atoms with Gasteiger partial charge in [-0.25, -0.2) is 9.97 Å². The first-order valence-corrected chi connectivity index (χ1v) is 5.91. The van der Waals surface area contributed by atoms with Crippen LogP contribution in [0.25, 0.3) is 0 Å². The molecule has 1 heterocycles. The summed E-state index contributed by atoms with van der Waals surface area (Å²) in [6, 6.07) is 0. The molecule has 1 aromatic rings. The van der Waals surface area contributed by atoms with Gasteiger partial charge in [0, 0.05) is 7.05 Å². The summed E-state index contributed by atoms with van der Waals surface area (Å²) in [5.74, 6) is 1.59. The van der Waals surface area contributed by atoms with Gasteiger partial charge in [0.15, 0.2) is 0 Å². The first kappa shape index (κ1) is 12.7. The quantitative estimate of drug-likeness (QED) is 0.805. The van der Waals surface area contributed by atoms with Crippen LogP contribution in [0.1, 0.15) is 39.2 Å². The van der Waals surface area contributed by atoms with E-state index in [2.05, 4.69) is 36.1 Å². The minimum Gasteiger partial charge on any atom is -0.474 e. The lowest BCUT2D eigenvalue weighted by molar-refractivity contribution is 0.206. The molecule has 1 atom stereocenters. The molecule has 1 rings (SSSR count). The Hall–Kier alpha value is -1.32. The molecule has 0 spiro atoms. The van der Waals surface area contributed by atoms with Crippen LogP contribution < -0.4 is 10.1 Å². The molecular weight excluding hydrogens is 202 g/mol. The molecule has 1 N–H and O–H groups in total. The molecular formula is C12H21N3O. The SMILES string of the molecule is CCCc1c(NC)ncnc1OC(C)CC. The Balaban J connectivity index is 2.96. The molecule has 0 saturated carbocycles. The van der Waals surface area contributed by atoms with Crippen molar-refractivity contribution in [2.75, 3.05) is 12.4 Å². The lowest BCUT2D eigenvalue weighted by atomic mass is 10.1. The molecule has 0 aliphatic heterocycles. The molecule has 4 heteroatoms. The van der Waals surface area contributed by atoms with Gasteiger partial charge in [0.05, 0.1) is 11.7 Å². The van der Waals surface area contributed by atoms with Crippen molar-refractivity contribution in [3.05, 3.63) is 11.9 Å². The number of hydrogen-bond acceptors (Lipinski definition) is 4. The van der Waals surface area contributed by atoms with Gasteiger partial charge in [0.1, 0.15) is 12.1 Å².